The average molecular weight is 372 g/mol. The molecule has 0 bridgehead atoms. The van der Waals surface area contributed by atoms with E-state index >= 15 is 0 Å². The smallest absolute Gasteiger partial charge is 0.237 e. The molecule has 0 aromatic heterocycles. The highest BCUT2D eigenvalue weighted by Gasteiger charge is 2.17. The molecule has 1 atom stereocenters. The molecule has 1 heterocycles. The molecule has 1 aliphatic rings. The van der Waals surface area contributed by atoms with Gasteiger partial charge in [0.1, 0.15) is 13.2 Å². The number of carbonyl (C=O) groups is 2. The first-order valence-corrected chi connectivity index (χ1v) is 9.14. The normalized spacial score (nSPS) is 13.6. The summed E-state index contributed by atoms with van der Waals surface area (Å²) < 4.78 is 11.0. The van der Waals surface area contributed by atoms with Crippen molar-refractivity contribution in [3.8, 4) is 11.5 Å². The van der Waals surface area contributed by atoms with E-state index in [9.17, 15) is 9.59 Å². The van der Waals surface area contributed by atoms with Crippen molar-refractivity contribution < 1.29 is 19.1 Å². The summed E-state index contributed by atoms with van der Waals surface area (Å²) in [5.41, 5.74) is 1.41. The Morgan fingerprint density at radius 3 is 2.31 bits per heavy atom. The third-order valence-electron chi connectivity index (χ3n) is 3.67. The molecule has 0 radical (unpaired) electrons. The molecule has 3 rings (SSSR count). The van der Waals surface area contributed by atoms with E-state index in [1.807, 2.05) is 31.2 Å². The monoisotopic (exact) mass is 372 g/mol. The van der Waals surface area contributed by atoms with Crippen LogP contribution in [0.5, 0.6) is 11.5 Å². The summed E-state index contributed by atoms with van der Waals surface area (Å²) in [5.74, 6) is 1.12. The maximum atomic E-state index is 12.4. The van der Waals surface area contributed by atoms with Gasteiger partial charge in [0, 0.05) is 29.3 Å². The van der Waals surface area contributed by atoms with E-state index in [4.69, 9.17) is 9.47 Å². The minimum atomic E-state index is -0.283. The molecular formula is C19H20N2O4S. The second-order valence-electron chi connectivity index (χ2n) is 5.81. The van der Waals surface area contributed by atoms with E-state index in [0.29, 0.717) is 30.4 Å². The van der Waals surface area contributed by atoms with Crippen LogP contribution in [0.1, 0.15) is 13.8 Å². The summed E-state index contributed by atoms with van der Waals surface area (Å²) in [5, 5.41) is 5.33. The lowest BCUT2D eigenvalue weighted by Gasteiger charge is -2.19. The fraction of sp³-hybridized carbons (Fsp3) is 0.263. The number of hydrogen-bond acceptors (Lipinski definition) is 5. The third-order valence-corrected chi connectivity index (χ3v) is 4.78. The molecular weight excluding hydrogens is 352 g/mol. The van der Waals surface area contributed by atoms with Crippen LogP contribution in [0.3, 0.4) is 0 Å². The minimum absolute atomic E-state index is 0.0994. The number of hydrogen-bond donors (Lipinski definition) is 2. The predicted molar refractivity (Wildman–Crippen MR) is 102 cm³/mol. The summed E-state index contributed by atoms with van der Waals surface area (Å²) in [7, 11) is 0. The van der Waals surface area contributed by atoms with E-state index in [0.717, 1.165) is 10.6 Å². The molecule has 0 spiro atoms. The zero-order chi connectivity index (χ0) is 18.5. The Bertz CT molecular complexity index is 808. The second kappa shape index (κ2) is 8.14. The summed E-state index contributed by atoms with van der Waals surface area (Å²) in [6.45, 7) is 4.35. The van der Waals surface area contributed by atoms with Gasteiger partial charge in [-0.1, -0.05) is 0 Å². The van der Waals surface area contributed by atoms with Gasteiger partial charge in [-0.25, -0.2) is 0 Å². The lowest BCUT2D eigenvalue weighted by molar-refractivity contribution is -0.115. The second-order valence-corrected chi connectivity index (χ2v) is 7.23. The van der Waals surface area contributed by atoms with E-state index < -0.39 is 0 Å². The number of anilines is 2. The Kier molecular flexibility index (Phi) is 5.68. The molecule has 1 aliphatic heterocycles. The molecule has 1 unspecified atom stereocenters. The fourth-order valence-corrected chi connectivity index (χ4v) is 3.31. The molecule has 0 saturated carbocycles. The number of ether oxygens (including phenoxy) is 2. The first kappa shape index (κ1) is 18.1. The quantitative estimate of drug-likeness (QED) is 0.785. The Balaban J connectivity index is 1.58. The maximum absolute atomic E-state index is 12.4. The standard InChI is InChI=1S/C19H20N2O4S/c1-12(26-16-6-3-14(4-7-16)20-13(2)22)19(23)21-15-5-8-17-18(11-15)25-10-9-24-17/h3-8,11-12H,9-10H2,1-2H3,(H,20,22)(H,21,23). The first-order valence-electron chi connectivity index (χ1n) is 8.26. The number of amides is 2. The van der Waals surface area contributed by atoms with Crippen LogP contribution in [0.4, 0.5) is 11.4 Å². The van der Waals surface area contributed by atoms with E-state index in [1.54, 1.807) is 18.2 Å². The lowest BCUT2D eigenvalue weighted by atomic mass is 10.2. The highest BCUT2D eigenvalue weighted by molar-refractivity contribution is 8.00. The summed E-state index contributed by atoms with van der Waals surface area (Å²) in [6, 6.07) is 12.7. The molecule has 2 aromatic carbocycles. The van der Waals surface area contributed by atoms with Crippen LogP contribution >= 0.6 is 11.8 Å². The molecule has 2 aromatic rings. The van der Waals surface area contributed by atoms with Crippen LogP contribution in [0, 0.1) is 0 Å². The summed E-state index contributed by atoms with van der Waals surface area (Å²) >= 11 is 1.45. The van der Waals surface area contributed by atoms with E-state index in [2.05, 4.69) is 10.6 Å². The number of benzene rings is 2. The van der Waals surface area contributed by atoms with Gasteiger partial charge in [-0.05, 0) is 43.3 Å². The highest BCUT2D eigenvalue weighted by Crippen LogP contribution is 2.33. The van der Waals surface area contributed by atoms with Crippen LogP contribution in [0.15, 0.2) is 47.4 Å². The summed E-state index contributed by atoms with van der Waals surface area (Å²) in [4.78, 5) is 24.4. The van der Waals surface area contributed by atoms with Gasteiger partial charge in [0.15, 0.2) is 11.5 Å². The molecule has 6 nitrogen and oxygen atoms in total. The molecule has 0 saturated heterocycles. The van der Waals surface area contributed by atoms with Gasteiger partial charge in [0.05, 0.1) is 5.25 Å². The topological polar surface area (TPSA) is 76.7 Å². The Hall–Kier alpha value is -2.67. The number of carbonyl (C=O) groups excluding carboxylic acids is 2. The SMILES string of the molecule is CC(=O)Nc1ccc(SC(C)C(=O)Nc2ccc3c(c2)OCCO3)cc1. The van der Waals surface area contributed by atoms with Crippen molar-refractivity contribution in [2.24, 2.45) is 0 Å². The minimum Gasteiger partial charge on any atom is -0.486 e. The number of nitrogens with one attached hydrogen (secondary N) is 2. The predicted octanol–water partition coefficient (Wildman–Crippen LogP) is 3.54. The number of fused-ring (bicyclic) bond motifs is 1. The number of rotatable bonds is 5. The third kappa shape index (κ3) is 4.70. The van der Waals surface area contributed by atoms with E-state index in [1.165, 1.54) is 18.7 Å². The first-order chi connectivity index (χ1) is 12.5. The van der Waals surface area contributed by atoms with Gasteiger partial charge in [0.25, 0.3) is 0 Å². The zero-order valence-electron chi connectivity index (χ0n) is 14.6. The van der Waals surface area contributed by atoms with Crippen LogP contribution < -0.4 is 20.1 Å². The molecule has 2 N–H and O–H groups in total. The van der Waals surface area contributed by atoms with Gasteiger partial charge < -0.3 is 20.1 Å². The molecule has 0 fully saturated rings. The van der Waals surface area contributed by atoms with Crippen molar-refractivity contribution >= 4 is 35.0 Å². The van der Waals surface area contributed by atoms with Gasteiger partial charge in [-0.2, -0.15) is 0 Å². The zero-order valence-corrected chi connectivity index (χ0v) is 15.4. The van der Waals surface area contributed by atoms with Crippen LogP contribution in [-0.4, -0.2) is 30.3 Å². The fourth-order valence-electron chi connectivity index (χ4n) is 2.44. The lowest BCUT2D eigenvalue weighted by Crippen LogP contribution is -2.22. The van der Waals surface area contributed by atoms with Crippen molar-refractivity contribution in [3.05, 3.63) is 42.5 Å². The highest BCUT2D eigenvalue weighted by atomic mass is 32.2. The van der Waals surface area contributed by atoms with Crippen molar-refractivity contribution in [2.75, 3.05) is 23.8 Å². The molecule has 7 heteroatoms. The summed E-state index contributed by atoms with van der Waals surface area (Å²) in [6.07, 6.45) is 0. The van der Waals surface area contributed by atoms with Gasteiger partial charge >= 0.3 is 0 Å². The largest absolute Gasteiger partial charge is 0.486 e. The molecule has 0 aliphatic carbocycles. The van der Waals surface area contributed by atoms with Crippen LogP contribution in [0.25, 0.3) is 0 Å². The van der Waals surface area contributed by atoms with Crippen molar-refractivity contribution in [1.29, 1.82) is 0 Å². The molecule has 136 valence electrons. The molecule has 26 heavy (non-hydrogen) atoms. The molecule has 2 amide bonds. The van der Waals surface area contributed by atoms with E-state index in [-0.39, 0.29) is 17.1 Å². The Morgan fingerprint density at radius 2 is 1.62 bits per heavy atom. The van der Waals surface area contributed by atoms with Crippen molar-refractivity contribution in [2.45, 2.75) is 24.0 Å². The van der Waals surface area contributed by atoms with Crippen molar-refractivity contribution in [3.63, 3.8) is 0 Å². The van der Waals surface area contributed by atoms with Crippen molar-refractivity contribution in [1.82, 2.24) is 0 Å². The Labute approximate surface area is 156 Å². The van der Waals surface area contributed by atoms with Gasteiger partial charge in [-0.15, -0.1) is 11.8 Å². The number of thioether (sulfide) groups is 1. The van der Waals surface area contributed by atoms with Crippen LogP contribution in [-0.2, 0) is 9.59 Å². The van der Waals surface area contributed by atoms with Gasteiger partial charge in [0.2, 0.25) is 11.8 Å². The average Bonchev–Trinajstić information content (AvgIpc) is 2.62. The van der Waals surface area contributed by atoms with Crippen LogP contribution in [0.2, 0.25) is 0 Å². The Morgan fingerprint density at radius 1 is 0.962 bits per heavy atom. The van der Waals surface area contributed by atoms with Gasteiger partial charge in [-0.3, -0.25) is 9.59 Å². The maximum Gasteiger partial charge on any atom is 0.237 e.